The molecule has 1 aliphatic carbocycles. The molecule has 0 radical (unpaired) electrons. The third kappa shape index (κ3) is 2.87. The lowest BCUT2D eigenvalue weighted by Gasteiger charge is -2.44. The van der Waals surface area contributed by atoms with Crippen LogP contribution >= 0.6 is 0 Å². The van der Waals surface area contributed by atoms with E-state index < -0.39 is 5.79 Å². The molecule has 148 valence electrons. The van der Waals surface area contributed by atoms with E-state index in [0.717, 1.165) is 43.6 Å². The van der Waals surface area contributed by atoms with Gasteiger partial charge in [0, 0.05) is 29.4 Å². The highest BCUT2D eigenvalue weighted by atomic mass is 16.7. The minimum absolute atomic E-state index is 0.0233. The first-order chi connectivity index (χ1) is 13.0. The van der Waals surface area contributed by atoms with Gasteiger partial charge in [-0.3, -0.25) is 0 Å². The van der Waals surface area contributed by atoms with Crippen molar-refractivity contribution in [2.24, 2.45) is 5.41 Å². The second-order valence-corrected chi connectivity index (χ2v) is 9.41. The SMILES string of the molecule is CCCCC1Cc2cc(O)c(C)c3c2C(CC2(CC4(CCCC4)CO2)O3)O1. The van der Waals surface area contributed by atoms with Crippen LogP contribution in [0.2, 0.25) is 0 Å². The van der Waals surface area contributed by atoms with Gasteiger partial charge in [0.1, 0.15) is 11.5 Å². The molecule has 27 heavy (non-hydrogen) atoms. The van der Waals surface area contributed by atoms with Gasteiger partial charge in [0.25, 0.3) is 0 Å². The van der Waals surface area contributed by atoms with Crippen molar-refractivity contribution in [2.75, 3.05) is 6.61 Å². The normalized spacial score (nSPS) is 33.4. The van der Waals surface area contributed by atoms with Crippen molar-refractivity contribution in [3.05, 3.63) is 22.8 Å². The van der Waals surface area contributed by atoms with Crippen LogP contribution in [0.1, 0.15) is 87.5 Å². The molecule has 5 rings (SSSR count). The lowest BCUT2D eigenvalue weighted by atomic mass is 9.79. The summed E-state index contributed by atoms with van der Waals surface area (Å²) in [6.07, 6.45) is 11.4. The van der Waals surface area contributed by atoms with Crippen molar-refractivity contribution in [3.8, 4) is 11.5 Å². The minimum atomic E-state index is -0.579. The standard InChI is InChI=1S/C23H32O4/c1-3-4-7-17-10-16-11-18(24)15(2)21-20(16)19(26-17)12-23(27-21)13-22(14-25-23)8-5-6-9-22/h11,17,19,24H,3-10,12-14H2,1-2H3. The molecule has 1 N–H and O–H groups in total. The summed E-state index contributed by atoms with van der Waals surface area (Å²) in [6, 6.07) is 1.94. The molecule has 4 heteroatoms. The minimum Gasteiger partial charge on any atom is -0.508 e. The second-order valence-electron chi connectivity index (χ2n) is 9.41. The van der Waals surface area contributed by atoms with Crippen LogP contribution in [0.5, 0.6) is 11.5 Å². The fourth-order valence-electron chi connectivity index (χ4n) is 5.93. The summed E-state index contributed by atoms with van der Waals surface area (Å²) < 4.78 is 19.6. The fraction of sp³-hybridized carbons (Fsp3) is 0.739. The molecular weight excluding hydrogens is 340 g/mol. The zero-order valence-corrected chi connectivity index (χ0v) is 16.7. The van der Waals surface area contributed by atoms with Crippen LogP contribution in [0.3, 0.4) is 0 Å². The van der Waals surface area contributed by atoms with E-state index in [1.807, 2.05) is 13.0 Å². The van der Waals surface area contributed by atoms with Gasteiger partial charge < -0.3 is 19.3 Å². The summed E-state index contributed by atoms with van der Waals surface area (Å²) in [7, 11) is 0. The number of aromatic hydroxyl groups is 1. The summed E-state index contributed by atoms with van der Waals surface area (Å²) in [6.45, 7) is 4.98. The van der Waals surface area contributed by atoms with Gasteiger partial charge in [-0.2, -0.15) is 0 Å². The average molecular weight is 373 g/mol. The first-order valence-corrected chi connectivity index (χ1v) is 10.9. The highest BCUT2D eigenvalue weighted by Gasteiger charge is 2.56. The smallest absolute Gasteiger partial charge is 0.214 e. The van der Waals surface area contributed by atoms with E-state index in [9.17, 15) is 5.11 Å². The Hall–Kier alpha value is -1.26. The lowest BCUT2D eigenvalue weighted by Crippen LogP contribution is -2.44. The monoisotopic (exact) mass is 372 g/mol. The average Bonchev–Trinajstić information content (AvgIpc) is 3.24. The van der Waals surface area contributed by atoms with Crippen LogP contribution in [0.4, 0.5) is 0 Å². The van der Waals surface area contributed by atoms with E-state index in [1.165, 1.54) is 49.7 Å². The largest absolute Gasteiger partial charge is 0.508 e. The van der Waals surface area contributed by atoms with E-state index in [-0.39, 0.29) is 12.2 Å². The molecule has 3 aliphatic heterocycles. The number of phenolic OH excluding ortho intramolecular Hbond substituents is 1. The van der Waals surface area contributed by atoms with Crippen molar-refractivity contribution in [3.63, 3.8) is 0 Å². The number of hydrogen-bond donors (Lipinski definition) is 1. The molecule has 1 saturated heterocycles. The van der Waals surface area contributed by atoms with Gasteiger partial charge in [-0.05, 0) is 44.2 Å². The molecule has 3 unspecified atom stereocenters. The fourth-order valence-corrected chi connectivity index (χ4v) is 5.93. The topological polar surface area (TPSA) is 47.9 Å². The lowest BCUT2D eigenvalue weighted by molar-refractivity contribution is -0.197. The molecule has 4 nitrogen and oxygen atoms in total. The summed E-state index contributed by atoms with van der Waals surface area (Å²) in [5.74, 6) is 0.583. The van der Waals surface area contributed by atoms with Crippen LogP contribution in [0, 0.1) is 12.3 Å². The van der Waals surface area contributed by atoms with Gasteiger partial charge in [-0.15, -0.1) is 0 Å². The van der Waals surface area contributed by atoms with Crippen LogP contribution in [0.15, 0.2) is 6.07 Å². The summed E-state index contributed by atoms with van der Waals surface area (Å²) in [5.41, 5.74) is 3.49. The molecule has 1 aromatic carbocycles. The molecule has 3 heterocycles. The van der Waals surface area contributed by atoms with Gasteiger partial charge in [0.05, 0.1) is 18.8 Å². The van der Waals surface area contributed by atoms with Gasteiger partial charge in [-0.25, -0.2) is 0 Å². The first kappa shape index (κ1) is 17.8. The number of unbranched alkanes of at least 4 members (excludes halogenated alkanes) is 1. The van der Waals surface area contributed by atoms with Crippen LogP contribution < -0.4 is 4.74 Å². The zero-order valence-electron chi connectivity index (χ0n) is 16.7. The second kappa shape index (κ2) is 6.38. The van der Waals surface area contributed by atoms with Crippen molar-refractivity contribution in [1.82, 2.24) is 0 Å². The Bertz CT molecular complexity index is 736. The maximum Gasteiger partial charge on any atom is 0.214 e. The van der Waals surface area contributed by atoms with Crippen molar-refractivity contribution in [1.29, 1.82) is 0 Å². The highest BCUT2D eigenvalue weighted by molar-refractivity contribution is 5.56. The van der Waals surface area contributed by atoms with E-state index >= 15 is 0 Å². The highest BCUT2D eigenvalue weighted by Crippen LogP contribution is 2.58. The molecule has 4 aliphatic rings. The Balaban J connectivity index is 1.51. The van der Waals surface area contributed by atoms with Gasteiger partial charge in [0.15, 0.2) is 0 Å². The van der Waals surface area contributed by atoms with Crippen molar-refractivity contribution >= 4 is 0 Å². The number of ether oxygens (including phenoxy) is 3. The Morgan fingerprint density at radius 2 is 2.07 bits per heavy atom. The number of hydrogen-bond acceptors (Lipinski definition) is 4. The quantitative estimate of drug-likeness (QED) is 0.779. The maximum atomic E-state index is 10.5. The molecule has 3 atom stereocenters. The number of rotatable bonds is 3. The Kier molecular flexibility index (Phi) is 4.21. The zero-order chi connectivity index (χ0) is 18.6. The van der Waals surface area contributed by atoms with Crippen molar-refractivity contribution < 1.29 is 19.3 Å². The molecular formula is C23H32O4. The van der Waals surface area contributed by atoms with Gasteiger partial charge in [0.2, 0.25) is 5.79 Å². The summed E-state index contributed by atoms with van der Waals surface area (Å²) in [4.78, 5) is 0. The van der Waals surface area contributed by atoms with Gasteiger partial charge >= 0.3 is 0 Å². The third-order valence-corrected chi connectivity index (χ3v) is 7.37. The Labute approximate surface area is 162 Å². The predicted molar refractivity (Wildman–Crippen MR) is 103 cm³/mol. The molecule has 1 saturated carbocycles. The van der Waals surface area contributed by atoms with Crippen LogP contribution in [0.25, 0.3) is 0 Å². The van der Waals surface area contributed by atoms with Crippen LogP contribution in [-0.4, -0.2) is 23.6 Å². The molecule has 1 aromatic rings. The molecule has 2 spiro atoms. The number of benzene rings is 1. The first-order valence-electron chi connectivity index (χ1n) is 10.9. The van der Waals surface area contributed by atoms with E-state index in [0.29, 0.717) is 11.2 Å². The van der Waals surface area contributed by atoms with Crippen LogP contribution in [-0.2, 0) is 15.9 Å². The molecule has 0 amide bonds. The summed E-state index contributed by atoms with van der Waals surface area (Å²) in [5, 5.41) is 10.5. The molecule has 2 fully saturated rings. The van der Waals surface area contributed by atoms with E-state index in [1.54, 1.807) is 0 Å². The Morgan fingerprint density at radius 1 is 1.26 bits per heavy atom. The molecule has 0 bridgehead atoms. The number of phenols is 1. The molecule has 0 aromatic heterocycles. The summed E-state index contributed by atoms with van der Waals surface area (Å²) >= 11 is 0. The van der Waals surface area contributed by atoms with E-state index in [4.69, 9.17) is 14.2 Å². The Morgan fingerprint density at radius 3 is 2.85 bits per heavy atom. The predicted octanol–water partition coefficient (Wildman–Crippen LogP) is 5.33. The third-order valence-electron chi connectivity index (χ3n) is 7.37. The van der Waals surface area contributed by atoms with E-state index in [2.05, 4.69) is 6.92 Å². The van der Waals surface area contributed by atoms with Gasteiger partial charge in [-0.1, -0.05) is 32.6 Å². The van der Waals surface area contributed by atoms with Crippen molar-refractivity contribution in [2.45, 2.75) is 96.1 Å². The maximum absolute atomic E-state index is 10.5.